The van der Waals surface area contributed by atoms with Crippen molar-refractivity contribution in [2.45, 2.75) is 19.4 Å². The molecule has 0 spiro atoms. The number of hydrogen-bond acceptors (Lipinski definition) is 5. The summed E-state index contributed by atoms with van der Waals surface area (Å²) in [5, 5.41) is 0. The van der Waals surface area contributed by atoms with Crippen molar-refractivity contribution >= 4 is 11.7 Å². The molecule has 4 heterocycles. The number of carbonyl (C=O) groups excluding carboxylic acids is 1. The van der Waals surface area contributed by atoms with Gasteiger partial charge in [0.05, 0.1) is 43.3 Å². The van der Waals surface area contributed by atoms with Gasteiger partial charge in [0.15, 0.2) is 0 Å². The van der Waals surface area contributed by atoms with Gasteiger partial charge in [0.25, 0.3) is 0 Å². The number of fused-ring (bicyclic) bond motifs is 1. The molecule has 176 valence electrons. The van der Waals surface area contributed by atoms with Crippen LogP contribution in [0.2, 0.25) is 0 Å². The van der Waals surface area contributed by atoms with E-state index >= 15 is 8.78 Å². The summed E-state index contributed by atoms with van der Waals surface area (Å²) in [6, 6.07) is 6.23. The molecule has 0 radical (unpaired) electrons. The van der Waals surface area contributed by atoms with Crippen LogP contribution in [0.1, 0.15) is 11.3 Å². The number of rotatable bonds is 4. The largest absolute Gasteiger partial charge is 0.453 e. The molecule has 34 heavy (non-hydrogen) atoms. The number of aromatic amines is 1. The zero-order valence-corrected chi connectivity index (χ0v) is 18.7. The third kappa shape index (κ3) is 4.01. The second-order valence-electron chi connectivity index (χ2n) is 8.21. The van der Waals surface area contributed by atoms with Crippen molar-refractivity contribution in [3.05, 3.63) is 65.7 Å². The normalized spacial score (nSPS) is 16.2. The highest BCUT2D eigenvalue weighted by molar-refractivity contribution is 5.71. The minimum atomic E-state index is -0.742. The summed E-state index contributed by atoms with van der Waals surface area (Å²) in [6.07, 6.45) is 4.40. The van der Waals surface area contributed by atoms with Crippen LogP contribution in [0.4, 0.5) is 13.6 Å². The van der Waals surface area contributed by atoms with Crippen molar-refractivity contribution in [2.24, 2.45) is 0 Å². The summed E-state index contributed by atoms with van der Waals surface area (Å²) in [5.74, 6) is -1.12. The van der Waals surface area contributed by atoms with Crippen LogP contribution in [-0.2, 0) is 15.9 Å². The number of hydrogen-bond donors (Lipinski definition) is 1. The molecular weight excluding hydrogens is 444 g/mol. The Morgan fingerprint density at radius 1 is 1.29 bits per heavy atom. The fourth-order valence-corrected chi connectivity index (χ4v) is 4.31. The number of ether oxygens (including phenoxy) is 2. The number of carbonyl (C=O) groups is 1. The minimum absolute atomic E-state index is 0.199. The molecule has 8 nitrogen and oxygen atoms in total. The molecule has 0 bridgehead atoms. The SMILES string of the molecule is COC(=O)N1CCO[C@@H](Cc2c(-c3c(F)cc(-c4ncc[nH]4)cc3F)nc3cc(C)ccn23)C1. The second kappa shape index (κ2) is 8.86. The molecule has 1 aromatic carbocycles. The second-order valence-corrected chi connectivity index (χ2v) is 8.21. The molecule has 1 aliphatic heterocycles. The van der Waals surface area contributed by atoms with Gasteiger partial charge in [-0.15, -0.1) is 0 Å². The van der Waals surface area contributed by atoms with Crippen molar-refractivity contribution in [2.75, 3.05) is 26.8 Å². The van der Waals surface area contributed by atoms with E-state index in [4.69, 9.17) is 9.47 Å². The van der Waals surface area contributed by atoms with E-state index in [0.29, 0.717) is 48.8 Å². The summed E-state index contributed by atoms with van der Waals surface area (Å²) < 4.78 is 43.2. The van der Waals surface area contributed by atoms with Gasteiger partial charge in [-0.2, -0.15) is 0 Å². The zero-order chi connectivity index (χ0) is 23.8. The number of aryl methyl sites for hydroxylation is 1. The van der Waals surface area contributed by atoms with Crippen molar-refractivity contribution in [1.82, 2.24) is 24.3 Å². The monoisotopic (exact) mass is 467 g/mol. The maximum absolute atomic E-state index is 15.3. The molecule has 1 amide bonds. The Kier molecular flexibility index (Phi) is 5.74. The molecule has 1 saturated heterocycles. The molecule has 10 heteroatoms. The Bertz CT molecular complexity index is 1330. The number of morpholine rings is 1. The molecule has 5 rings (SSSR count). The van der Waals surface area contributed by atoms with E-state index in [0.717, 1.165) is 5.56 Å². The first-order chi connectivity index (χ1) is 16.4. The van der Waals surface area contributed by atoms with Gasteiger partial charge in [-0.1, -0.05) is 0 Å². The van der Waals surface area contributed by atoms with Crippen LogP contribution < -0.4 is 0 Å². The Balaban J connectivity index is 1.58. The van der Waals surface area contributed by atoms with Gasteiger partial charge in [-0.05, 0) is 36.8 Å². The lowest BCUT2D eigenvalue weighted by Gasteiger charge is -2.32. The highest BCUT2D eigenvalue weighted by Crippen LogP contribution is 2.33. The lowest BCUT2D eigenvalue weighted by atomic mass is 10.0. The van der Waals surface area contributed by atoms with Gasteiger partial charge in [0.2, 0.25) is 0 Å². The van der Waals surface area contributed by atoms with Crippen LogP contribution in [-0.4, -0.2) is 63.3 Å². The average Bonchev–Trinajstić information content (AvgIpc) is 3.47. The van der Waals surface area contributed by atoms with Crippen molar-refractivity contribution in [3.63, 3.8) is 0 Å². The number of amides is 1. The summed E-state index contributed by atoms with van der Waals surface area (Å²) in [5.41, 5.74) is 2.41. The first-order valence-electron chi connectivity index (χ1n) is 10.9. The molecule has 1 atom stereocenters. The summed E-state index contributed by atoms with van der Waals surface area (Å²) >= 11 is 0. The maximum Gasteiger partial charge on any atom is 0.409 e. The zero-order valence-electron chi connectivity index (χ0n) is 18.7. The number of aromatic nitrogens is 4. The topological polar surface area (TPSA) is 84.7 Å². The van der Waals surface area contributed by atoms with Gasteiger partial charge in [-0.3, -0.25) is 0 Å². The number of methoxy groups -OCH3 is 1. The highest BCUT2D eigenvalue weighted by atomic mass is 19.1. The lowest BCUT2D eigenvalue weighted by molar-refractivity contribution is -0.0241. The van der Waals surface area contributed by atoms with E-state index in [9.17, 15) is 4.79 Å². The van der Waals surface area contributed by atoms with Crippen molar-refractivity contribution in [3.8, 4) is 22.6 Å². The number of nitrogens with one attached hydrogen (secondary N) is 1. The Hall–Kier alpha value is -3.79. The summed E-state index contributed by atoms with van der Waals surface area (Å²) in [7, 11) is 1.33. The van der Waals surface area contributed by atoms with E-state index in [1.807, 2.05) is 29.7 Å². The Morgan fingerprint density at radius 3 is 2.79 bits per heavy atom. The third-order valence-electron chi connectivity index (χ3n) is 5.92. The van der Waals surface area contributed by atoms with E-state index < -0.39 is 17.7 Å². The fourth-order valence-electron chi connectivity index (χ4n) is 4.31. The summed E-state index contributed by atoms with van der Waals surface area (Å²) in [6.45, 7) is 2.98. The Labute approximate surface area is 194 Å². The number of halogens is 2. The van der Waals surface area contributed by atoms with E-state index in [1.165, 1.54) is 25.4 Å². The maximum atomic E-state index is 15.3. The molecule has 1 N–H and O–H groups in total. The first-order valence-corrected chi connectivity index (χ1v) is 10.9. The van der Waals surface area contributed by atoms with Gasteiger partial charge in [-0.25, -0.2) is 23.5 Å². The first kappa shape index (κ1) is 22.0. The number of nitrogens with zero attached hydrogens (tertiary/aromatic N) is 4. The van der Waals surface area contributed by atoms with Crippen LogP contribution in [0.25, 0.3) is 28.3 Å². The van der Waals surface area contributed by atoms with E-state index in [1.54, 1.807) is 11.1 Å². The van der Waals surface area contributed by atoms with Crippen LogP contribution >= 0.6 is 0 Å². The predicted octanol–water partition coefficient (Wildman–Crippen LogP) is 3.99. The minimum Gasteiger partial charge on any atom is -0.453 e. The molecule has 4 aromatic rings. The molecule has 0 aliphatic carbocycles. The van der Waals surface area contributed by atoms with Crippen molar-refractivity contribution in [1.29, 1.82) is 0 Å². The summed E-state index contributed by atoms with van der Waals surface area (Å²) in [4.78, 5) is 25.1. The number of H-pyrrole nitrogens is 1. The van der Waals surface area contributed by atoms with Crippen LogP contribution in [0, 0.1) is 18.6 Å². The van der Waals surface area contributed by atoms with Gasteiger partial charge < -0.3 is 23.8 Å². The molecule has 3 aromatic heterocycles. The van der Waals surface area contributed by atoms with Crippen molar-refractivity contribution < 1.29 is 23.0 Å². The number of imidazole rings is 2. The fraction of sp³-hybridized carbons (Fsp3) is 0.292. The molecule has 1 aliphatic rings. The van der Waals surface area contributed by atoms with Crippen LogP contribution in [0.5, 0.6) is 0 Å². The number of benzene rings is 1. The molecular formula is C24H23F2N5O3. The smallest absolute Gasteiger partial charge is 0.409 e. The van der Waals surface area contributed by atoms with E-state index in [-0.39, 0.29) is 17.4 Å². The van der Waals surface area contributed by atoms with Crippen LogP contribution in [0.3, 0.4) is 0 Å². The average molecular weight is 467 g/mol. The molecule has 0 unspecified atom stereocenters. The van der Waals surface area contributed by atoms with Gasteiger partial charge in [0, 0.05) is 37.1 Å². The number of pyridine rings is 1. The third-order valence-corrected chi connectivity index (χ3v) is 5.92. The van der Waals surface area contributed by atoms with Gasteiger partial charge >= 0.3 is 6.09 Å². The Morgan fingerprint density at radius 2 is 2.09 bits per heavy atom. The standard InChI is InChI=1S/C24H23F2N5O3/c1-14-3-6-31-19(12-16-13-30(7-8-34-16)24(32)33-2)22(29-20(31)9-14)21-17(25)10-15(11-18(21)26)23-27-4-5-28-23/h3-6,9-11,16H,7-8,12-13H2,1-2H3,(H,27,28)/t16-/m0/s1. The quantitative estimate of drug-likeness (QED) is 0.491. The lowest BCUT2D eigenvalue weighted by Crippen LogP contribution is -2.46. The highest BCUT2D eigenvalue weighted by Gasteiger charge is 2.29. The van der Waals surface area contributed by atoms with E-state index in [2.05, 4.69) is 15.0 Å². The molecule has 0 saturated carbocycles. The van der Waals surface area contributed by atoms with Crippen LogP contribution in [0.15, 0.2) is 42.9 Å². The molecule has 1 fully saturated rings. The van der Waals surface area contributed by atoms with Gasteiger partial charge in [0.1, 0.15) is 23.1 Å². The predicted molar refractivity (Wildman–Crippen MR) is 120 cm³/mol.